The van der Waals surface area contributed by atoms with E-state index < -0.39 is 9.84 Å². The number of rotatable bonds is 5. The van der Waals surface area contributed by atoms with Crippen molar-refractivity contribution in [2.75, 3.05) is 25.7 Å². The van der Waals surface area contributed by atoms with Gasteiger partial charge in [0, 0.05) is 5.38 Å². The van der Waals surface area contributed by atoms with Crippen molar-refractivity contribution in [2.45, 2.75) is 18.2 Å². The highest BCUT2D eigenvalue weighted by Gasteiger charge is 2.32. The van der Waals surface area contributed by atoms with Crippen LogP contribution in [0.5, 0.6) is 11.5 Å². The molecule has 1 aromatic carbocycles. The molecule has 0 N–H and O–H groups in total. The van der Waals surface area contributed by atoms with Crippen LogP contribution in [0.1, 0.15) is 12.0 Å². The molecule has 0 saturated carbocycles. The van der Waals surface area contributed by atoms with E-state index in [1.165, 1.54) is 0 Å². The Hall–Kier alpha value is -0.940. The quantitative estimate of drug-likeness (QED) is 0.782. The maximum absolute atomic E-state index is 11.5. The Kier molecular flexibility index (Phi) is 4.81. The molecule has 112 valence electrons. The number of ether oxygens (including phenoxy) is 2. The normalized spacial score (nSPS) is 22.4. The molecular formula is C14H19ClO4S. The minimum absolute atomic E-state index is 0.0368. The van der Waals surface area contributed by atoms with Gasteiger partial charge in [0.05, 0.1) is 25.7 Å². The Labute approximate surface area is 125 Å². The number of benzene rings is 1. The second-order valence-electron chi connectivity index (χ2n) is 5.07. The highest BCUT2D eigenvalue weighted by atomic mass is 35.5. The van der Waals surface area contributed by atoms with Crippen molar-refractivity contribution < 1.29 is 17.9 Å². The lowest BCUT2D eigenvalue weighted by Crippen LogP contribution is -2.18. The van der Waals surface area contributed by atoms with Gasteiger partial charge < -0.3 is 9.47 Å². The number of hydrogen-bond donors (Lipinski definition) is 0. The van der Waals surface area contributed by atoms with Crippen LogP contribution in [-0.2, 0) is 16.3 Å². The van der Waals surface area contributed by atoms with Crippen LogP contribution in [0.15, 0.2) is 18.2 Å². The van der Waals surface area contributed by atoms with Gasteiger partial charge in [-0.1, -0.05) is 6.07 Å². The zero-order valence-electron chi connectivity index (χ0n) is 11.6. The molecule has 1 aromatic rings. The Morgan fingerprint density at radius 2 is 2.00 bits per heavy atom. The predicted molar refractivity (Wildman–Crippen MR) is 79.7 cm³/mol. The Morgan fingerprint density at radius 3 is 2.55 bits per heavy atom. The molecule has 6 heteroatoms. The zero-order valence-corrected chi connectivity index (χ0v) is 13.2. The first kappa shape index (κ1) is 15.4. The van der Waals surface area contributed by atoms with Gasteiger partial charge in [0.2, 0.25) is 0 Å². The molecule has 1 saturated heterocycles. The standard InChI is InChI=1S/C14H19ClO4S/c1-18-13-4-3-10(8-14(13)19-2)7-12(15)11-5-6-20(16,17)9-11/h3-4,8,11-12H,5-7,9H2,1-2H3. The highest BCUT2D eigenvalue weighted by Crippen LogP contribution is 2.31. The molecule has 20 heavy (non-hydrogen) atoms. The third kappa shape index (κ3) is 3.58. The number of alkyl halides is 1. The number of halogens is 1. The molecule has 0 amide bonds. The van der Waals surface area contributed by atoms with Gasteiger partial charge in [0.1, 0.15) is 0 Å². The van der Waals surface area contributed by atoms with E-state index in [0.717, 1.165) is 5.56 Å². The maximum atomic E-state index is 11.5. The molecule has 4 nitrogen and oxygen atoms in total. The van der Waals surface area contributed by atoms with Gasteiger partial charge in [0.15, 0.2) is 21.3 Å². The summed E-state index contributed by atoms with van der Waals surface area (Å²) < 4.78 is 33.4. The van der Waals surface area contributed by atoms with Crippen molar-refractivity contribution >= 4 is 21.4 Å². The number of hydrogen-bond acceptors (Lipinski definition) is 4. The van der Waals surface area contributed by atoms with E-state index in [1.807, 2.05) is 18.2 Å². The molecule has 1 aliphatic heterocycles. The van der Waals surface area contributed by atoms with Crippen LogP contribution in [0.3, 0.4) is 0 Å². The van der Waals surface area contributed by atoms with Gasteiger partial charge in [-0.05, 0) is 36.5 Å². The molecule has 1 fully saturated rings. The first-order chi connectivity index (χ1) is 9.45. The summed E-state index contributed by atoms with van der Waals surface area (Å²) in [7, 11) is 0.290. The van der Waals surface area contributed by atoms with Crippen LogP contribution in [0.4, 0.5) is 0 Å². The van der Waals surface area contributed by atoms with Gasteiger partial charge in [0.25, 0.3) is 0 Å². The molecular weight excluding hydrogens is 300 g/mol. The molecule has 1 heterocycles. The van der Waals surface area contributed by atoms with Crippen molar-refractivity contribution in [3.63, 3.8) is 0 Å². The van der Waals surface area contributed by atoms with Gasteiger partial charge >= 0.3 is 0 Å². The van der Waals surface area contributed by atoms with Crippen LogP contribution in [0, 0.1) is 5.92 Å². The average molecular weight is 319 g/mol. The SMILES string of the molecule is COc1ccc(CC(Cl)C2CCS(=O)(=O)C2)cc1OC. The van der Waals surface area contributed by atoms with Gasteiger partial charge in [-0.15, -0.1) is 11.6 Å². The summed E-state index contributed by atoms with van der Waals surface area (Å²) in [4.78, 5) is 0. The molecule has 2 rings (SSSR count). The van der Waals surface area contributed by atoms with E-state index in [0.29, 0.717) is 24.3 Å². The largest absolute Gasteiger partial charge is 0.493 e. The maximum Gasteiger partial charge on any atom is 0.160 e. The van der Waals surface area contributed by atoms with Crippen molar-refractivity contribution in [1.29, 1.82) is 0 Å². The molecule has 2 atom stereocenters. The molecule has 0 radical (unpaired) electrons. The third-order valence-corrected chi connectivity index (χ3v) is 5.96. The second-order valence-corrected chi connectivity index (χ2v) is 7.86. The van der Waals surface area contributed by atoms with E-state index in [9.17, 15) is 8.42 Å². The summed E-state index contributed by atoms with van der Waals surface area (Å²) in [6.07, 6.45) is 1.28. The summed E-state index contributed by atoms with van der Waals surface area (Å²) in [6.45, 7) is 0. The zero-order chi connectivity index (χ0) is 14.8. The van der Waals surface area contributed by atoms with E-state index in [-0.39, 0.29) is 22.8 Å². The second kappa shape index (κ2) is 6.22. The van der Waals surface area contributed by atoms with E-state index >= 15 is 0 Å². The van der Waals surface area contributed by atoms with Crippen LogP contribution in [0.25, 0.3) is 0 Å². The molecule has 0 bridgehead atoms. The number of sulfone groups is 1. The first-order valence-corrected chi connectivity index (χ1v) is 8.76. The lowest BCUT2D eigenvalue weighted by atomic mass is 9.98. The summed E-state index contributed by atoms with van der Waals surface area (Å²) in [6, 6.07) is 5.65. The van der Waals surface area contributed by atoms with Crippen molar-refractivity contribution in [2.24, 2.45) is 5.92 Å². The summed E-state index contributed by atoms with van der Waals surface area (Å²) >= 11 is 6.38. The summed E-state index contributed by atoms with van der Waals surface area (Å²) in [5.74, 6) is 1.83. The smallest absolute Gasteiger partial charge is 0.160 e. The van der Waals surface area contributed by atoms with Crippen molar-refractivity contribution in [1.82, 2.24) is 0 Å². The Bertz CT molecular complexity index is 571. The average Bonchev–Trinajstić information content (AvgIpc) is 2.79. The number of methoxy groups -OCH3 is 2. The van der Waals surface area contributed by atoms with Gasteiger partial charge in [-0.25, -0.2) is 8.42 Å². The molecule has 0 spiro atoms. The predicted octanol–water partition coefficient (Wildman–Crippen LogP) is 2.29. The van der Waals surface area contributed by atoms with Crippen molar-refractivity contribution in [3.05, 3.63) is 23.8 Å². The monoisotopic (exact) mass is 318 g/mol. The minimum Gasteiger partial charge on any atom is -0.493 e. The van der Waals surface area contributed by atoms with E-state index in [1.54, 1.807) is 14.2 Å². The molecule has 0 aromatic heterocycles. The Morgan fingerprint density at radius 1 is 1.30 bits per heavy atom. The fourth-order valence-corrected chi connectivity index (χ4v) is 4.89. The first-order valence-electron chi connectivity index (χ1n) is 6.50. The van der Waals surface area contributed by atoms with E-state index in [2.05, 4.69) is 0 Å². The van der Waals surface area contributed by atoms with Crippen LogP contribution >= 0.6 is 11.6 Å². The third-order valence-electron chi connectivity index (χ3n) is 3.66. The fourth-order valence-electron chi connectivity index (χ4n) is 2.51. The molecule has 2 unspecified atom stereocenters. The van der Waals surface area contributed by atoms with Gasteiger partial charge in [-0.3, -0.25) is 0 Å². The van der Waals surface area contributed by atoms with Crippen LogP contribution in [-0.4, -0.2) is 39.5 Å². The summed E-state index contributed by atoms with van der Waals surface area (Å²) in [5.41, 5.74) is 1.02. The topological polar surface area (TPSA) is 52.6 Å². The van der Waals surface area contributed by atoms with Crippen molar-refractivity contribution in [3.8, 4) is 11.5 Å². The molecule has 0 aliphatic carbocycles. The van der Waals surface area contributed by atoms with E-state index in [4.69, 9.17) is 21.1 Å². The fraction of sp³-hybridized carbons (Fsp3) is 0.571. The lowest BCUT2D eigenvalue weighted by molar-refractivity contribution is 0.354. The highest BCUT2D eigenvalue weighted by molar-refractivity contribution is 7.91. The lowest BCUT2D eigenvalue weighted by Gasteiger charge is -2.16. The van der Waals surface area contributed by atoms with Crippen LogP contribution in [0.2, 0.25) is 0 Å². The van der Waals surface area contributed by atoms with Gasteiger partial charge in [-0.2, -0.15) is 0 Å². The van der Waals surface area contributed by atoms with Crippen LogP contribution < -0.4 is 9.47 Å². The summed E-state index contributed by atoms with van der Waals surface area (Å²) in [5, 5.41) is -0.176. The molecule has 1 aliphatic rings. The Balaban J connectivity index is 2.06. The minimum atomic E-state index is -2.89.